The molecule has 6 nitrogen and oxygen atoms in total. The normalized spacial score (nSPS) is 12.3. The molecule has 0 aliphatic heterocycles. The Hall–Kier alpha value is -1.14. The lowest BCUT2D eigenvalue weighted by atomic mass is 10.1. The average Bonchev–Trinajstić information content (AvgIpc) is 2.30. The van der Waals surface area contributed by atoms with Gasteiger partial charge in [-0.3, -0.25) is 9.59 Å². The maximum atomic E-state index is 10.9. The van der Waals surface area contributed by atoms with Crippen LogP contribution in [-0.2, 0) is 9.59 Å². The molecule has 0 saturated heterocycles. The highest BCUT2D eigenvalue weighted by atomic mass is 16.4. The van der Waals surface area contributed by atoms with Crippen LogP contribution in [0.1, 0.15) is 44.9 Å². The molecular weight excluding hydrogens is 236 g/mol. The van der Waals surface area contributed by atoms with Crippen LogP contribution in [0.2, 0.25) is 0 Å². The molecule has 1 unspecified atom stereocenters. The van der Waals surface area contributed by atoms with Gasteiger partial charge in [0.05, 0.1) is 0 Å². The molecule has 1 atom stereocenters. The highest BCUT2D eigenvalue weighted by Crippen LogP contribution is 2.03. The summed E-state index contributed by atoms with van der Waals surface area (Å²) in [5.74, 6) is -1.80. The van der Waals surface area contributed by atoms with Crippen molar-refractivity contribution in [3.63, 3.8) is 0 Å². The molecule has 0 aromatic carbocycles. The van der Waals surface area contributed by atoms with Gasteiger partial charge in [0.2, 0.25) is 0 Å². The number of nitrogens with two attached hydrogens (primary N) is 1. The average molecular weight is 260 g/mol. The number of hydrogen-bond acceptors (Lipinski definition) is 4. The Balaban J connectivity index is 3.64. The van der Waals surface area contributed by atoms with E-state index in [9.17, 15) is 9.59 Å². The molecule has 5 N–H and O–H groups in total. The maximum Gasteiger partial charge on any atom is 0.320 e. The van der Waals surface area contributed by atoms with E-state index in [0.29, 0.717) is 25.9 Å². The van der Waals surface area contributed by atoms with Gasteiger partial charge in [-0.25, -0.2) is 0 Å². The monoisotopic (exact) mass is 260 g/mol. The van der Waals surface area contributed by atoms with Crippen LogP contribution in [0.3, 0.4) is 0 Å². The van der Waals surface area contributed by atoms with Crippen LogP contribution in [-0.4, -0.2) is 41.3 Å². The summed E-state index contributed by atoms with van der Waals surface area (Å²) in [6.45, 7) is 1.34. The molecule has 0 saturated carbocycles. The molecule has 0 rings (SSSR count). The van der Waals surface area contributed by atoms with Gasteiger partial charge >= 0.3 is 11.9 Å². The standard InChI is InChI=1S/C12H24N2O4/c13-8-3-1-2-4-9-14-10(12(17)18)6-5-7-11(15)16/h10,14H,1-9,13H2,(H,15,16)(H,17,18). The number of aliphatic carboxylic acids is 2. The van der Waals surface area contributed by atoms with Gasteiger partial charge in [-0.05, 0) is 38.8 Å². The summed E-state index contributed by atoms with van der Waals surface area (Å²) in [7, 11) is 0. The van der Waals surface area contributed by atoms with Crippen molar-refractivity contribution in [1.29, 1.82) is 0 Å². The van der Waals surface area contributed by atoms with Gasteiger partial charge in [0.15, 0.2) is 0 Å². The predicted octanol–water partition coefficient (Wildman–Crippen LogP) is 0.803. The largest absolute Gasteiger partial charge is 0.481 e. The molecule has 0 fully saturated rings. The van der Waals surface area contributed by atoms with E-state index in [2.05, 4.69) is 5.32 Å². The minimum Gasteiger partial charge on any atom is -0.481 e. The first-order valence-corrected chi connectivity index (χ1v) is 6.46. The van der Waals surface area contributed by atoms with E-state index < -0.39 is 18.0 Å². The molecular formula is C12H24N2O4. The third-order valence-electron chi connectivity index (χ3n) is 2.70. The molecule has 0 amide bonds. The van der Waals surface area contributed by atoms with E-state index in [0.717, 1.165) is 25.7 Å². The van der Waals surface area contributed by atoms with E-state index in [1.54, 1.807) is 0 Å². The Morgan fingerprint density at radius 3 is 2.28 bits per heavy atom. The van der Waals surface area contributed by atoms with Gasteiger partial charge in [-0.2, -0.15) is 0 Å². The zero-order chi connectivity index (χ0) is 13.8. The quantitative estimate of drug-likeness (QED) is 0.386. The third kappa shape index (κ3) is 10.0. The van der Waals surface area contributed by atoms with E-state index in [-0.39, 0.29) is 6.42 Å². The fourth-order valence-electron chi connectivity index (χ4n) is 1.67. The number of rotatable bonds is 12. The molecule has 0 spiro atoms. The fourth-order valence-corrected chi connectivity index (χ4v) is 1.67. The molecule has 18 heavy (non-hydrogen) atoms. The molecule has 106 valence electrons. The summed E-state index contributed by atoms with van der Waals surface area (Å²) >= 11 is 0. The summed E-state index contributed by atoms with van der Waals surface area (Å²) in [4.78, 5) is 21.2. The second kappa shape index (κ2) is 11.0. The molecule has 6 heteroatoms. The summed E-state index contributed by atoms with van der Waals surface area (Å²) in [5, 5.41) is 20.4. The molecule has 0 aliphatic carbocycles. The second-order valence-corrected chi connectivity index (χ2v) is 4.33. The molecule has 0 heterocycles. The minimum atomic E-state index is -0.914. The first kappa shape index (κ1) is 16.9. The summed E-state index contributed by atoms with van der Waals surface area (Å²) in [5.41, 5.74) is 5.37. The highest BCUT2D eigenvalue weighted by Gasteiger charge is 2.16. The van der Waals surface area contributed by atoms with Crippen LogP contribution in [0, 0.1) is 0 Å². The van der Waals surface area contributed by atoms with Gasteiger partial charge in [-0.15, -0.1) is 0 Å². The van der Waals surface area contributed by atoms with Gasteiger partial charge in [-0.1, -0.05) is 12.8 Å². The van der Waals surface area contributed by atoms with E-state index in [4.69, 9.17) is 15.9 Å². The lowest BCUT2D eigenvalue weighted by Gasteiger charge is -2.13. The highest BCUT2D eigenvalue weighted by molar-refractivity contribution is 5.73. The third-order valence-corrected chi connectivity index (χ3v) is 2.70. The van der Waals surface area contributed by atoms with Crippen molar-refractivity contribution in [1.82, 2.24) is 5.32 Å². The van der Waals surface area contributed by atoms with Crippen molar-refractivity contribution in [3.05, 3.63) is 0 Å². The van der Waals surface area contributed by atoms with Crippen molar-refractivity contribution in [2.75, 3.05) is 13.1 Å². The van der Waals surface area contributed by atoms with Crippen LogP contribution in [0.5, 0.6) is 0 Å². The predicted molar refractivity (Wildman–Crippen MR) is 68.4 cm³/mol. The van der Waals surface area contributed by atoms with Crippen molar-refractivity contribution in [2.45, 2.75) is 51.0 Å². The Labute approximate surface area is 108 Å². The molecule has 0 aromatic heterocycles. The minimum absolute atomic E-state index is 0.0158. The van der Waals surface area contributed by atoms with Crippen LogP contribution < -0.4 is 11.1 Å². The lowest BCUT2D eigenvalue weighted by Crippen LogP contribution is -2.37. The number of unbranched alkanes of at least 4 members (excludes halogenated alkanes) is 3. The summed E-state index contributed by atoms with van der Waals surface area (Å²) in [6.07, 6.45) is 4.77. The Bertz CT molecular complexity index is 246. The molecule has 0 aliphatic rings. The molecule has 0 radical (unpaired) electrons. The van der Waals surface area contributed by atoms with Crippen molar-refractivity contribution >= 4 is 11.9 Å². The number of nitrogens with one attached hydrogen (secondary N) is 1. The number of carboxylic acid groups (broad SMARTS) is 2. The zero-order valence-corrected chi connectivity index (χ0v) is 10.7. The SMILES string of the molecule is NCCCCCCNC(CCCC(=O)O)C(=O)O. The smallest absolute Gasteiger partial charge is 0.320 e. The summed E-state index contributed by atoms with van der Waals surface area (Å²) in [6, 6.07) is -0.640. The zero-order valence-electron chi connectivity index (χ0n) is 10.7. The second-order valence-electron chi connectivity index (χ2n) is 4.33. The first-order chi connectivity index (χ1) is 8.57. The van der Waals surface area contributed by atoms with E-state index in [1.165, 1.54) is 0 Å². The van der Waals surface area contributed by atoms with Crippen LogP contribution >= 0.6 is 0 Å². The van der Waals surface area contributed by atoms with Gasteiger partial charge < -0.3 is 21.3 Å². The lowest BCUT2D eigenvalue weighted by molar-refractivity contribution is -0.141. The number of carboxylic acids is 2. The van der Waals surface area contributed by atoms with Crippen molar-refractivity contribution in [3.8, 4) is 0 Å². The van der Waals surface area contributed by atoms with Crippen LogP contribution in [0.25, 0.3) is 0 Å². The van der Waals surface area contributed by atoms with Gasteiger partial charge in [0.25, 0.3) is 0 Å². The van der Waals surface area contributed by atoms with Crippen molar-refractivity contribution < 1.29 is 19.8 Å². The summed E-state index contributed by atoms with van der Waals surface area (Å²) < 4.78 is 0. The topological polar surface area (TPSA) is 113 Å². The Kier molecular flexibility index (Phi) is 10.3. The van der Waals surface area contributed by atoms with E-state index >= 15 is 0 Å². The van der Waals surface area contributed by atoms with Gasteiger partial charge in [0.1, 0.15) is 6.04 Å². The van der Waals surface area contributed by atoms with Crippen molar-refractivity contribution in [2.24, 2.45) is 5.73 Å². The first-order valence-electron chi connectivity index (χ1n) is 6.46. The Morgan fingerprint density at radius 1 is 1.06 bits per heavy atom. The Morgan fingerprint density at radius 2 is 1.72 bits per heavy atom. The molecule has 0 aromatic rings. The van der Waals surface area contributed by atoms with Crippen LogP contribution in [0.4, 0.5) is 0 Å². The maximum absolute atomic E-state index is 10.9. The number of hydrogen-bond donors (Lipinski definition) is 4. The molecule has 0 bridgehead atoms. The number of carbonyl (C=O) groups is 2. The fraction of sp³-hybridized carbons (Fsp3) is 0.833. The van der Waals surface area contributed by atoms with Gasteiger partial charge in [0, 0.05) is 6.42 Å². The van der Waals surface area contributed by atoms with E-state index in [1.807, 2.05) is 0 Å². The van der Waals surface area contributed by atoms with Crippen LogP contribution in [0.15, 0.2) is 0 Å².